The molecule has 0 fully saturated rings. The Balaban J connectivity index is 1.09. The number of anilines is 9. The van der Waals surface area contributed by atoms with Crippen LogP contribution in [0.15, 0.2) is 174 Å². The van der Waals surface area contributed by atoms with Gasteiger partial charge in [-0.15, -0.1) is 0 Å². The van der Waals surface area contributed by atoms with Crippen LogP contribution in [0.5, 0.6) is 0 Å². The molecule has 410 valence electrons. The smallest absolute Gasteiger partial charge is 0.252 e. The normalized spacial score (nSPS) is 16.8. The van der Waals surface area contributed by atoms with Crippen molar-refractivity contribution in [3.63, 3.8) is 0 Å². The minimum atomic E-state index is -0.231. The van der Waals surface area contributed by atoms with E-state index in [0.717, 1.165) is 51.1 Å². The zero-order valence-corrected chi connectivity index (χ0v) is 51.2. The molecule has 14 rings (SSSR count). The van der Waals surface area contributed by atoms with E-state index in [4.69, 9.17) is 4.42 Å². The molecule has 0 saturated carbocycles. The van der Waals surface area contributed by atoms with Gasteiger partial charge < -0.3 is 19.1 Å². The summed E-state index contributed by atoms with van der Waals surface area (Å²) in [5.41, 5.74) is 29.6. The summed E-state index contributed by atoms with van der Waals surface area (Å²) in [6.45, 7) is 38.0. The second-order valence-corrected chi connectivity index (χ2v) is 29.1. The number of nitrogens with zero attached hydrogens (tertiary/aromatic N) is 3. The molecule has 4 nitrogen and oxygen atoms in total. The molecule has 0 spiro atoms. The van der Waals surface area contributed by atoms with E-state index < -0.39 is 0 Å². The van der Waals surface area contributed by atoms with Crippen LogP contribution in [-0.4, -0.2) is 6.71 Å². The number of para-hydroxylation sites is 1. The van der Waals surface area contributed by atoms with Crippen molar-refractivity contribution < 1.29 is 4.42 Å². The van der Waals surface area contributed by atoms with E-state index in [9.17, 15) is 0 Å². The van der Waals surface area contributed by atoms with Gasteiger partial charge in [0, 0.05) is 61.7 Å². The van der Waals surface area contributed by atoms with Gasteiger partial charge in [0.1, 0.15) is 11.2 Å². The standard InChI is InChI=1S/C77H78BN3O/c1-46-38-66-71-67(39-46)81(64-44-59-58(40-47(64)2)76(13,14)54-23-18-19-24-55(54)77(59,15)16)65-43-57-56(74(9,10)45-75(57,11)12)42-61(65)78(71)60-41-52(36-37-62(60)80(66)63-25-21-27-69-70(63)53-22-17-20-26-68(53)82-69)79(50-32-28-48(29-33-50)72(3,4)5)51-34-30-49(31-35-51)73(6,7)8/h17-44H,45H2,1-16H3. The molecular weight excluding hydrogens is 994 g/mol. The van der Waals surface area contributed by atoms with E-state index in [2.05, 4.69) is 295 Å². The van der Waals surface area contributed by atoms with Crippen molar-refractivity contribution in [3.8, 4) is 0 Å². The van der Waals surface area contributed by atoms with E-state index in [1.807, 2.05) is 0 Å². The van der Waals surface area contributed by atoms with Gasteiger partial charge in [0.05, 0.1) is 11.1 Å². The lowest BCUT2D eigenvalue weighted by atomic mass is 9.33. The molecule has 2 aliphatic carbocycles. The van der Waals surface area contributed by atoms with Crippen molar-refractivity contribution in [1.82, 2.24) is 0 Å². The first-order chi connectivity index (χ1) is 38.7. The quantitative estimate of drug-likeness (QED) is 0.160. The highest BCUT2D eigenvalue weighted by Gasteiger charge is 2.50. The number of furan rings is 1. The molecule has 4 aliphatic rings. The van der Waals surface area contributed by atoms with Gasteiger partial charge in [0.15, 0.2) is 0 Å². The van der Waals surface area contributed by atoms with E-state index in [-0.39, 0.29) is 39.2 Å². The number of aryl methyl sites for hydroxylation is 2. The van der Waals surface area contributed by atoms with Gasteiger partial charge >= 0.3 is 0 Å². The van der Waals surface area contributed by atoms with E-state index in [0.29, 0.717) is 0 Å². The van der Waals surface area contributed by atoms with Crippen LogP contribution in [0.3, 0.4) is 0 Å². The maximum Gasteiger partial charge on any atom is 0.252 e. The lowest BCUT2D eigenvalue weighted by molar-refractivity contribution is 0.403. The number of rotatable bonds is 5. The average Bonchev–Trinajstić information content (AvgIpc) is 4.08. The highest BCUT2D eigenvalue weighted by Crippen LogP contribution is 2.56. The molecule has 1 aromatic heterocycles. The molecule has 0 unspecified atom stereocenters. The Morgan fingerprint density at radius 2 is 0.927 bits per heavy atom. The van der Waals surface area contributed by atoms with Crippen molar-refractivity contribution in [2.24, 2.45) is 0 Å². The summed E-state index contributed by atoms with van der Waals surface area (Å²) in [7, 11) is 0. The van der Waals surface area contributed by atoms with Gasteiger partial charge in [-0.05, 0) is 199 Å². The zero-order chi connectivity index (χ0) is 57.5. The lowest BCUT2D eigenvalue weighted by Gasteiger charge is -2.47. The molecular formula is C77H78BN3O. The summed E-state index contributed by atoms with van der Waals surface area (Å²) in [6.07, 6.45) is 1.08. The largest absolute Gasteiger partial charge is 0.456 e. The van der Waals surface area contributed by atoms with Crippen molar-refractivity contribution in [2.45, 2.75) is 150 Å². The fourth-order valence-corrected chi connectivity index (χ4v) is 15.7. The Labute approximate surface area is 487 Å². The highest BCUT2D eigenvalue weighted by molar-refractivity contribution is 7.00. The number of hydrogen-bond donors (Lipinski definition) is 0. The summed E-state index contributed by atoms with van der Waals surface area (Å²) < 4.78 is 6.74. The van der Waals surface area contributed by atoms with E-state index in [1.54, 1.807) is 0 Å². The van der Waals surface area contributed by atoms with Gasteiger partial charge in [-0.25, -0.2) is 0 Å². The minimum absolute atomic E-state index is 0.0156. The van der Waals surface area contributed by atoms with Gasteiger partial charge in [-0.3, -0.25) is 0 Å². The van der Waals surface area contributed by atoms with Crippen LogP contribution in [0.1, 0.15) is 159 Å². The van der Waals surface area contributed by atoms with Crippen molar-refractivity contribution in [3.05, 3.63) is 225 Å². The highest BCUT2D eigenvalue weighted by atomic mass is 16.3. The van der Waals surface area contributed by atoms with Crippen LogP contribution in [0, 0.1) is 13.8 Å². The Morgan fingerprint density at radius 3 is 1.52 bits per heavy atom. The zero-order valence-electron chi connectivity index (χ0n) is 51.2. The van der Waals surface area contributed by atoms with Crippen LogP contribution >= 0.6 is 0 Å². The number of benzene rings is 9. The van der Waals surface area contributed by atoms with Crippen LogP contribution in [0.2, 0.25) is 0 Å². The molecule has 5 heteroatoms. The Bertz CT molecular complexity index is 4250. The fraction of sp³-hybridized carbons (Fsp3) is 0.299. The Kier molecular flexibility index (Phi) is 11.1. The fourth-order valence-electron chi connectivity index (χ4n) is 15.7. The van der Waals surface area contributed by atoms with Gasteiger partial charge in [-0.1, -0.05) is 182 Å². The molecule has 0 amide bonds. The summed E-state index contributed by atoms with van der Waals surface area (Å²) in [5.74, 6) is 0. The van der Waals surface area contributed by atoms with Gasteiger partial charge in [0.2, 0.25) is 0 Å². The molecule has 2 aliphatic heterocycles. The molecule has 0 saturated heterocycles. The Morgan fingerprint density at radius 1 is 0.427 bits per heavy atom. The van der Waals surface area contributed by atoms with Gasteiger partial charge in [0.25, 0.3) is 6.71 Å². The lowest BCUT2D eigenvalue weighted by Crippen LogP contribution is -2.61. The average molecular weight is 1070 g/mol. The second kappa shape index (κ2) is 17.4. The predicted octanol–water partition coefficient (Wildman–Crippen LogP) is 19.3. The molecule has 10 aromatic rings. The van der Waals surface area contributed by atoms with Crippen LogP contribution in [-0.2, 0) is 32.5 Å². The maximum atomic E-state index is 6.74. The molecule has 0 bridgehead atoms. The predicted molar refractivity (Wildman–Crippen MR) is 351 cm³/mol. The van der Waals surface area contributed by atoms with Crippen LogP contribution in [0.4, 0.5) is 51.2 Å². The first-order valence-corrected chi connectivity index (χ1v) is 30.0. The number of fused-ring (bicyclic) bond motifs is 10. The van der Waals surface area contributed by atoms with Crippen molar-refractivity contribution in [2.75, 3.05) is 14.7 Å². The maximum absolute atomic E-state index is 6.74. The molecule has 0 atom stereocenters. The molecule has 9 aromatic carbocycles. The third kappa shape index (κ3) is 7.63. The summed E-state index contributed by atoms with van der Waals surface area (Å²) in [6, 6.07) is 65.8. The first kappa shape index (κ1) is 52.3. The third-order valence-corrected chi connectivity index (χ3v) is 19.7. The van der Waals surface area contributed by atoms with Crippen LogP contribution < -0.4 is 31.1 Å². The van der Waals surface area contributed by atoms with Gasteiger partial charge in [-0.2, -0.15) is 0 Å². The summed E-state index contributed by atoms with van der Waals surface area (Å²) in [5, 5.41) is 2.23. The number of hydrogen-bond acceptors (Lipinski definition) is 4. The molecule has 3 heterocycles. The van der Waals surface area contributed by atoms with E-state index >= 15 is 0 Å². The Hall–Kier alpha value is -7.76. The summed E-state index contributed by atoms with van der Waals surface area (Å²) in [4.78, 5) is 7.79. The topological polar surface area (TPSA) is 22.9 Å². The monoisotopic (exact) mass is 1070 g/mol. The van der Waals surface area contributed by atoms with Crippen molar-refractivity contribution >= 4 is 96.2 Å². The molecule has 0 radical (unpaired) electrons. The molecule has 0 N–H and O–H groups in total. The van der Waals surface area contributed by atoms with E-state index in [1.165, 1.54) is 100 Å². The van der Waals surface area contributed by atoms with Crippen molar-refractivity contribution in [1.29, 1.82) is 0 Å². The minimum Gasteiger partial charge on any atom is -0.456 e. The molecule has 82 heavy (non-hydrogen) atoms. The summed E-state index contributed by atoms with van der Waals surface area (Å²) >= 11 is 0. The first-order valence-electron chi connectivity index (χ1n) is 30.0. The third-order valence-electron chi connectivity index (χ3n) is 19.7. The van der Waals surface area contributed by atoms with Crippen LogP contribution in [0.25, 0.3) is 21.9 Å². The SMILES string of the molecule is Cc1cc2c3c(c1)N(c1cccc4oc5ccccc5c14)c1ccc(N(c4ccc(C(C)(C)C)cc4)c4ccc(C(C)(C)C)cc4)cc1B3c1cc3c(cc1N2c1cc2c(cc1C)C(C)(C)c1ccccc1C2(C)C)C(C)(C)CC3(C)C. The second-order valence-electron chi connectivity index (χ2n) is 29.1.